The first-order chi connectivity index (χ1) is 16.6. The maximum Gasteiger partial charge on any atom is 0.265 e. The van der Waals surface area contributed by atoms with Gasteiger partial charge in [0.25, 0.3) is 10.0 Å². The summed E-state index contributed by atoms with van der Waals surface area (Å²) in [5, 5.41) is 5.47. The Labute approximate surface area is 205 Å². The summed E-state index contributed by atoms with van der Waals surface area (Å²) in [6.07, 6.45) is -0.387. The van der Waals surface area contributed by atoms with Crippen molar-refractivity contribution in [3.8, 4) is 5.75 Å². The summed E-state index contributed by atoms with van der Waals surface area (Å²) in [5.74, 6) is -0.647. The Morgan fingerprint density at radius 3 is 2.34 bits per heavy atom. The maximum absolute atomic E-state index is 14.1. The number of methoxy groups -OCH3 is 1. The van der Waals surface area contributed by atoms with Gasteiger partial charge in [-0.3, -0.25) is 13.9 Å². The molecule has 0 aliphatic carbocycles. The van der Waals surface area contributed by atoms with Gasteiger partial charge < -0.3 is 15.4 Å². The number of rotatable bonds is 6. The van der Waals surface area contributed by atoms with E-state index in [0.29, 0.717) is 33.9 Å². The molecular formula is C26H27N3O5S. The molecular weight excluding hydrogens is 466 g/mol. The van der Waals surface area contributed by atoms with E-state index >= 15 is 0 Å². The van der Waals surface area contributed by atoms with Crippen LogP contribution in [0.5, 0.6) is 5.75 Å². The lowest BCUT2D eigenvalue weighted by Crippen LogP contribution is -2.52. The van der Waals surface area contributed by atoms with E-state index in [1.165, 1.54) is 7.11 Å². The van der Waals surface area contributed by atoms with E-state index in [0.717, 1.165) is 9.87 Å². The summed E-state index contributed by atoms with van der Waals surface area (Å²) in [5.41, 5.74) is 3.18. The highest BCUT2D eigenvalue weighted by molar-refractivity contribution is 7.93. The first-order valence-electron chi connectivity index (χ1n) is 11.1. The van der Waals surface area contributed by atoms with E-state index in [2.05, 4.69) is 10.6 Å². The number of carbonyl (C=O) groups excluding carboxylic acids is 2. The predicted molar refractivity (Wildman–Crippen MR) is 135 cm³/mol. The molecule has 3 aromatic rings. The van der Waals surface area contributed by atoms with Crippen molar-refractivity contribution in [2.24, 2.45) is 0 Å². The van der Waals surface area contributed by atoms with Crippen LogP contribution in [0.2, 0.25) is 0 Å². The lowest BCUT2D eigenvalue weighted by molar-refractivity contribution is -0.122. The zero-order valence-corrected chi connectivity index (χ0v) is 20.8. The summed E-state index contributed by atoms with van der Waals surface area (Å²) in [6.45, 7) is 5.35. The maximum atomic E-state index is 14.1. The molecule has 0 spiro atoms. The third-order valence-corrected chi connectivity index (χ3v) is 8.00. The van der Waals surface area contributed by atoms with E-state index in [4.69, 9.17) is 4.74 Å². The minimum absolute atomic E-state index is 0.128. The van der Waals surface area contributed by atoms with Crippen molar-refractivity contribution in [3.63, 3.8) is 0 Å². The van der Waals surface area contributed by atoms with Gasteiger partial charge in [-0.25, -0.2) is 8.42 Å². The first kappa shape index (κ1) is 24.3. The zero-order valence-electron chi connectivity index (χ0n) is 20.0. The monoisotopic (exact) mass is 493 g/mol. The highest BCUT2D eigenvalue weighted by atomic mass is 32.2. The fourth-order valence-electron chi connectivity index (χ4n) is 4.53. The highest BCUT2D eigenvalue weighted by Crippen LogP contribution is 2.39. The number of hydrogen-bond donors (Lipinski definition) is 2. The molecule has 0 aromatic heterocycles. The number of ether oxygens (including phenoxy) is 1. The van der Waals surface area contributed by atoms with Crippen LogP contribution in [0, 0.1) is 20.8 Å². The van der Waals surface area contributed by atoms with Crippen molar-refractivity contribution in [2.45, 2.75) is 38.1 Å². The molecule has 3 aromatic carbocycles. The number of fused-ring (bicyclic) bond motifs is 1. The lowest BCUT2D eigenvalue weighted by Gasteiger charge is -2.37. The predicted octanol–water partition coefficient (Wildman–Crippen LogP) is 4.17. The van der Waals surface area contributed by atoms with Gasteiger partial charge in [-0.2, -0.15) is 0 Å². The molecule has 35 heavy (non-hydrogen) atoms. The highest BCUT2D eigenvalue weighted by Gasteiger charge is 2.43. The van der Waals surface area contributed by atoms with Gasteiger partial charge in [0, 0.05) is 0 Å². The summed E-state index contributed by atoms with van der Waals surface area (Å²) in [4.78, 5) is 26.3. The van der Waals surface area contributed by atoms with Crippen LogP contribution >= 0.6 is 0 Å². The number of nitrogens with one attached hydrogen (secondary N) is 2. The lowest BCUT2D eigenvalue weighted by atomic mass is 10.1. The van der Waals surface area contributed by atoms with Crippen LogP contribution in [0.25, 0.3) is 0 Å². The SMILES string of the molecule is COc1ccccc1NC(=O)C[C@H]1C(=O)Nc2ccccc2N1S(=O)(=O)c1c(C)cc(C)cc1C. The van der Waals surface area contributed by atoms with Crippen LogP contribution in [0.4, 0.5) is 17.1 Å². The van der Waals surface area contributed by atoms with Gasteiger partial charge >= 0.3 is 0 Å². The number of sulfonamides is 1. The van der Waals surface area contributed by atoms with Crippen molar-refractivity contribution in [3.05, 3.63) is 77.4 Å². The van der Waals surface area contributed by atoms with Crippen molar-refractivity contribution in [1.29, 1.82) is 0 Å². The molecule has 2 amide bonds. The number of para-hydroxylation sites is 4. The Morgan fingerprint density at radius 1 is 1.03 bits per heavy atom. The number of hydrogen-bond acceptors (Lipinski definition) is 5. The Bertz CT molecular complexity index is 1390. The zero-order chi connectivity index (χ0) is 25.3. The van der Waals surface area contributed by atoms with Crippen LogP contribution < -0.4 is 19.7 Å². The Kier molecular flexibility index (Phi) is 6.53. The molecule has 0 fully saturated rings. The van der Waals surface area contributed by atoms with E-state index < -0.39 is 27.9 Å². The van der Waals surface area contributed by atoms with E-state index in [1.807, 2.05) is 6.92 Å². The quantitative estimate of drug-likeness (QED) is 0.536. The van der Waals surface area contributed by atoms with Gasteiger partial charge in [-0.15, -0.1) is 0 Å². The summed E-state index contributed by atoms with van der Waals surface area (Å²) in [6, 6.07) is 15.8. The minimum atomic E-state index is -4.20. The molecule has 182 valence electrons. The summed E-state index contributed by atoms with van der Waals surface area (Å²) < 4.78 is 34.5. The average Bonchev–Trinajstić information content (AvgIpc) is 2.78. The third kappa shape index (κ3) is 4.59. The molecule has 1 aliphatic rings. The van der Waals surface area contributed by atoms with Crippen molar-refractivity contribution in [2.75, 3.05) is 22.0 Å². The Balaban J connectivity index is 1.78. The topological polar surface area (TPSA) is 105 Å². The van der Waals surface area contributed by atoms with Gasteiger partial charge in [-0.05, 0) is 56.2 Å². The summed E-state index contributed by atoms with van der Waals surface area (Å²) in [7, 11) is -2.72. The van der Waals surface area contributed by atoms with Crippen LogP contribution in [-0.4, -0.2) is 33.4 Å². The Morgan fingerprint density at radius 2 is 1.66 bits per heavy atom. The molecule has 2 N–H and O–H groups in total. The van der Waals surface area contributed by atoms with Gasteiger partial charge in [0.15, 0.2) is 0 Å². The van der Waals surface area contributed by atoms with Crippen LogP contribution in [0.1, 0.15) is 23.1 Å². The average molecular weight is 494 g/mol. The minimum Gasteiger partial charge on any atom is -0.495 e. The molecule has 0 saturated heterocycles. The number of carbonyl (C=O) groups is 2. The second-order valence-electron chi connectivity index (χ2n) is 8.50. The normalized spacial score (nSPS) is 15.3. The number of nitrogens with zero attached hydrogens (tertiary/aromatic N) is 1. The number of aryl methyl sites for hydroxylation is 3. The van der Waals surface area contributed by atoms with Crippen molar-refractivity contribution >= 4 is 38.9 Å². The van der Waals surface area contributed by atoms with E-state index in [1.54, 1.807) is 74.5 Å². The molecule has 0 unspecified atom stereocenters. The van der Waals surface area contributed by atoms with Crippen LogP contribution in [0.3, 0.4) is 0 Å². The van der Waals surface area contributed by atoms with Crippen LogP contribution in [-0.2, 0) is 19.6 Å². The molecule has 0 bridgehead atoms. The Hall–Kier alpha value is -3.85. The number of anilines is 3. The standard InChI is InChI=1S/C26H27N3O5S/c1-16-13-17(2)25(18(3)14-16)35(32,33)29-21-11-7-5-9-19(21)28-26(31)22(29)15-24(30)27-20-10-6-8-12-23(20)34-4/h5-14,22H,15H2,1-4H3,(H,27,30)(H,28,31)/t22-/m0/s1. The van der Waals surface area contributed by atoms with E-state index in [-0.39, 0.29) is 11.3 Å². The molecule has 1 heterocycles. The van der Waals surface area contributed by atoms with Gasteiger partial charge in [0.05, 0.1) is 35.5 Å². The fraction of sp³-hybridized carbons (Fsp3) is 0.231. The second-order valence-corrected chi connectivity index (χ2v) is 10.3. The van der Waals surface area contributed by atoms with E-state index in [9.17, 15) is 18.0 Å². The smallest absolute Gasteiger partial charge is 0.265 e. The van der Waals surface area contributed by atoms with Gasteiger partial charge in [0.1, 0.15) is 11.8 Å². The van der Waals surface area contributed by atoms with Crippen molar-refractivity contribution < 1.29 is 22.7 Å². The van der Waals surface area contributed by atoms with Gasteiger partial charge in [-0.1, -0.05) is 42.0 Å². The molecule has 8 nitrogen and oxygen atoms in total. The third-order valence-electron chi connectivity index (χ3n) is 5.87. The van der Waals surface area contributed by atoms with Crippen molar-refractivity contribution in [1.82, 2.24) is 0 Å². The first-order valence-corrected chi connectivity index (χ1v) is 12.5. The molecule has 1 aliphatic heterocycles. The number of benzene rings is 3. The van der Waals surface area contributed by atoms with Crippen LogP contribution in [0.15, 0.2) is 65.6 Å². The number of amides is 2. The van der Waals surface area contributed by atoms with Gasteiger partial charge in [0.2, 0.25) is 11.8 Å². The molecule has 4 rings (SSSR count). The largest absolute Gasteiger partial charge is 0.495 e. The summed E-state index contributed by atoms with van der Waals surface area (Å²) >= 11 is 0. The fourth-order valence-corrected chi connectivity index (χ4v) is 6.58. The molecule has 9 heteroatoms. The molecule has 0 radical (unpaired) electrons. The molecule has 0 saturated carbocycles. The molecule has 1 atom stereocenters. The second kappa shape index (κ2) is 9.42.